The van der Waals surface area contributed by atoms with Gasteiger partial charge in [0.2, 0.25) is 0 Å². The first kappa shape index (κ1) is 13.5. The average molecular weight is 288 g/mol. The van der Waals surface area contributed by atoms with E-state index >= 15 is 0 Å². The summed E-state index contributed by atoms with van der Waals surface area (Å²) in [5.74, 6) is -0.405. The van der Waals surface area contributed by atoms with Gasteiger partial charge >= 0.3 is 0 Å². The highest BCUT2D eigenvalue weighted by molar-refractivity contribution is 5.97. The number of nitrogens with zero attached hydrogens (tertiary/aromatic N) is 4. The predicted molar refractivity (Wildman–Crippen MR) is 73.9 cm³/mol. The maximum atomic E-state index is 12.2. The first-order chi connectivity index (χ1) is 10.1. The number of tetrazole rings is 1. The molecule has 0 bridgehead atoms. The van der Waals surface area contributed by atoms with Crippen LogP contribution in [0.4, 0.5) is 0 Å². The van der Waals surface area contributed by atoms with Gasteiger partial charge in [-0.1, -0.05) is 0 Å². The number of amides is 1. The minimum atomic E-state index is -0.296. The third kappa shape index (κ3) is 2.84. The van der Waals surface area contributed by atoms with Crippen LogP contribution in [0.5, 0.6) is 5.75 Å². The molecular formula is C13H16N6O2. The van der Waals surface area contributed by atoms with Crippen LogP contribution in [0.3, 0.4) is 0 Å². The molecule has 2 aromatic rings. The summed E-state index contributed by atoms with van der Waals surface area (Å²) in [6.45, 7) is 0. The summed E-state index contributed by atoms with van der Waals surface area (Å²) in [7, 11) is 0. The van der Waals surface area contributed by atoms with Gasteiger partial charge in [0.05, 0.1) is 11.3 Å². The van der Waals surface area contributed by atoms with Crippen LogP contribution in [0.2, 0.25) is 0 Å². The molecule has 1 aliphatic rings. The fraction of sp³-hybridized carbons (Fsp3) is 0.385. The molecule has 1 aromatic carbocycles. The second kappa shape index (κ2) is 5.49. The Bertz CT molecular complexity index is 642. The summed E-state index contributed by atoms with van der Waals surface area (Å²) >= 11 is 0. The Balaban J connectivity index is 1.75. The fourth-order valence-corrected chi connectivity index (χ4v) is 2.54. The van der Waals surface area contributed by atoms with Gasteiger partial charge < -0.3 is 16.2 Å². The summed E-state index contributed by atoms with van der Waals surface area (Å²) in [5.41, 5.74) is 6.63. The Morgan fingerprint density at radius 3 is 2.90 bits per heavy atom. The molecule has 1 aliphatic carbocycles. The fourth-order valence-electron chi connectivity index (χ4n) is 2.54. The van der Waals surface area contributed by atoms with Crippen molar-refractivity contribution in [2.24, 2.45) is 5.73 Å². The third-order valence-electron chi connectivity index (χ3n) is 3.65. The van der Waals surface area contributed by atoms with E-state index in [4.69, 9.17) is 5.73 Å². The lowest BCUT2D eigenvalue weighted by atomic mass is 10.1. The quantitative estimate of drug-likeness (QED) is 0.730. The van der Waals surface area contributed by atoms with E-state index in [9.17, 15) is 9.90 Å². The van der Waals surface area contributed by atoms with Gasteiger partial charge in [0.1, 0.15) is 12.1 Å². The molecule has 8 nitrogen and oxygen atoms in total. The van der Waals surface area contributed by atoms with Gasteiger partial charge in [-0.3, -0.25) is 4.79 Å². The summed E-state index contributed by atoms with van der Waals surface area (Å²) in [4.78, 5) is 12.2. The summed E-state index contributed by atoms with van der Waals surface area (Å²) in [6.07, 6.45) is 3.97. The predicted octanol–water partition coefficient (Wildman–Crippen LogP) is -0.0225. The van der Waals surface area contributed by atoms with E-state index in [0.29, 0.717) is 5.69 Å². The summed E-state index contributed by atoms with van der Waals surface area (Å²) < 4.78 is 1.40. The number of nitrogens with two attached hydrogens (primary N) is 1. The van der Waals surface area contributed by atoms with Crippen molar-refractivity contribution in [3.63, 3.8) is 0 Å². The van der Waals surface area contributed by atoms with Crippen molar-refractivity contribution in [1.29, 1.82) is 0 Å². The zero-order valence-electron chi connectivity index (χ0n) is 11.3. The number of hydrogen-bond acceptors (Lipinski definition) is 6. The van der Waals surface area contributed by atoms with Crippen molar-refractivity contribution in [1.82, 2.24) is 25.5 Å². The van der Waals surface area contributed by atoms with Gasteiger partial charge in [0.25, 0.3) is 5.91 Å². The van der Waals surface area contributed by atoms with Gasteiger partial charge in [-0.15, -0.1) is 5.10 Å². The van der Waals surface area contributed by atoms with Crippen LogP contribution < -0.4 is 11.1 Å². The Hall–Kier alpha value is -2.48. The maximum absolute atomic E-state index is 12.2. The Labute approximate surface area is 121 Å². The van der Waals surface area contributed by atoms with Crippen LogP contribution >= 0.6 is 0 Å². The van der Waals surface area contributed by atoms with Gasteiger partial charge in [-0.25, -0.2) is 4.68 Å². The lowest BCUT2D eigenvalue weighted by Gasteiger charge is -2.13. The highest BCUT2D eigenvalue weighted by Gasteiger charge is 2.24. The number of aromatic nitrogens is 4. The van der Waals surface area contributed by atoms with Crippen molar-refractivity contribution >= 4 is 5.91 Å². The molecule has 0 radical (unpaired) electrons. The Kier molecular flexibility index (Phi) is 3.53. The van der Waals surface area contributed by atoms with Crippen molar-refractivity contribution in [2.75, 3.05) is 0 Å². The smallest absolute Gasteiger partial charge is 0.255 e. The molecule has 0 spiro atoms. The van der Waals surface area contributed by atoms with Crippen LogP contribution in [-0.2, 0) is 0 Å². The molecule has 1 saturated carbocycles. The SMILES string of the molecule is N[C@H]1CC[C@H](NC(=O)c2ccc(-n3cnnn3)cc2O)C1. The number of rotatable bonds is 3. The molecule has 0 unspecified atom stereocenters. The molecule has 0 saturated heterocycles. The number of phenols is 1. The molecule has 21 heavy (non-hydrogen) atoms. The normalized spacial score (nSPS) is 21.4. The molecule has 3 rings (SSSR count). The van der Waals surface area contributed by atoms with Crippen LogP contribution in [0, 0.1) is 0 Å². The minimum absolute atomic E-state index is 0.0751. The lowest BCUT2D eigenvalue weighted by Crippen LogP contribution is -2.34. The highest BCUT2D eigenvalue weighted by atomic mass is 16.3. The molecule has 1 heterocycles. The molecule has 4 N–H and O–H groups in total. The molecular weight excluding hydrogens is 272 g/mol. The van der Waals surface area contributed by atoms with Crippen LogP contribution in [0.15, 0.2) is 24.5 Å². The minimum Gasteiger partial charge on any atom is -0.507 e. The van der Waals surface area contributed by atoms with E-state index < -0.39 is 0 Å². The van der Waals surface area contributed by atoms with Crippen molar-refractivity contribution in [3.8, 4) is 11.4 Å². The third-order valence-corrected chi connectivity index (χ3v) is 3.65. The zero-order chi connectivity index (χ0) is 14.8. The van der Waals surface area contributed by atoms with E-state index in [2.05, 4.69) is 20.8 Å². The number of hydrogen-bond donors (Lipinski definition) is 3. The molecule has 1 aromatic heterocycles. The van der Waals surface area contributed by atoms with E-state index in [0.717, 1.165) is 19.3 Å². The van der Waals surface area contributed by atoms with E-state index in [1.54, 1.807) is 12.1 Å². The number of carbonyl (C=O) groups is 1. The summed E-state index contributed by atoms with van der Waals surface area (Å²) in [5, 5.41) is 23.7. The van der Waals surface area contributed by atoms with Gasteiger partial charge in [0, 0.05) is 18.2 Å². The topological polar surface area (TPSA) is 119 Å². The van der Waals surface area contributed by atoms with Crippen LogP contribution in [0.1, 0.15) is 29.6 Å². The van der Waals surface area contributed by atoms with E-state index in [1.165, 1.54) is 17.1 Å². The zero-order valence-corrected chi connectivity index (χ0v) is 11.3. The van der Waals surface area contributed by atoms with Crippen LogP contribution in [0.25, 0.3) is 5.69 Å². The molecule has 110 valence electrons. The second-order valence-electron chi connectivity index (χ2n) is 5.20. The number of benzene rings is 1. The number of nitrogens with one attached hydrogen (secondary N) is 1. The van der Waals surface area contributed by atoms with Gasteiger partial charge in [0.15, 0.2) is 0 Å². The standard InChI is InChI=1S/C13H16N6O2/c14-8-1-2-9(5-8)16-13(21)11-4-3-10(6-12(11)20)19-7-15-17-18-19/h3-4,6-9,20H,1-2,5,14H2,(H,16,21)/t8-,9-/m0/s1. The van der Waals surface area contributed by atoms with E-state index in [1.807, 2.05) is 0 Å². The van der Waals surface area contributed by atoms with E-state index in [-0.39, 0.29) is 29.3 Å². The number of aromatic hydroxyl groups is 1. The van der Waals surface area contributed by atoms with Crippen molar-refractivity contribution in [2.45, 2.75) is 31.3 Å². The Morgan fingerprint density at radius 1 is 1.43 bits per heavy atom. The lowest BCUT2D eigenvalue weighted by molar-refractivity contribution is 0.0935. The molecule has 1 amide bonds. The highest BCUT2D eigenvalue weighted by Crippen LogP contribution is 2.22. The van der Waals surface area contributed by atoms with Crippen molar-refractivity contribution in [3.05, 3.63) is 30.1 Å². The average Bonchev–Trinajstić information content (AvgIpc) is 3.10. The molecule has 0 aliphatic heterocycles. The first-order valence-electron chi connectivity index (χ1n) is 6.76. The monoisotopic (exact) mass is 288 g/mol. The Morgan fingerprint density at radius 2 is 2.29 bits per heavy atom. The second-order valence-corrected chi connectivity index (χ2v) is 5.20. The molecule has 8 heteroatoms. The van der Waals surface area contributed by atoms with Gasteiger partial charge in [-0.2, -0.15) is 0 Å². The van der Waals surface area contributed by atoms with Crippen molar-refractivity contribution < 1.29 is 9.90 Å². The number of carbonyl (C=O) groups excluding carboxylic acids is 1. The number of phenolic OH excluding ortho intramolecular Hbond substituents is 1. The molecule has 1 fully saturated rings. The maximum Gasteiger partial charge on any atom is 0.255 e. The first-order valence-corrected chi connectivity index (χ1v) is 6.76. The molecule has 2 atom stereocenters. The largest absolute Gasteiger partial charge is 0.507 e. The summed E-state index contributed by atoms with van der Waals surface area (Å²) in [6, 6.07) is 4.89. The van der Waals surface area contributed by atoms with Crippen LogP contribution in [-0.4, -0.2) is 43.3 Å². The van der Waals surface area contributed by atoms with Gasteiger partial charge in [-0.05, 0) is 41.8 Å².